The van der Waals surface area contributed by atoms with Crippen molar-refractivity contribution >= 4 is 0 Å². The van der Waals surface area contributed by atoms with Crippen LogP contribution in [-0.2, 0) is 9.47 Å². The molecule has 0 bridgehead atoms. The highest BCUT2D eigenvalue weighted by Crippen LogP contribution is 2.39. The molecule has 6 heteroatoms. The van der Waals surface area contributed by atoms with Crippen molar-refractivity contribution in [1.29, 1.82) is 0 Å². The predicted octanol–water partition coefficient (Wildman–Crippen LogP) is 0.507. The van der Waals surface area contributed by atoms with Crippen LogP contribution in [0.25, 0.3) is 0 Å². The Morgan fingerprint density at radius 3 is 2.15 bits per heavy atom. The Hall–Kier alpha value is -0.240. The second kappa shape index (κ2) is 7.15. The van der Waals surface area contributed by atoms with Gasteiger partial charge in [-0.05, 0) is 40.0 Å². The summed E-state index contributed by atoms with van der Waals surface area (Å²) in [4.78, 5) is 1.84. The van der Waals surface area contributed by atoms with E-state index in [1.165, 1.54) is 7.11 Å². The molecule has 20 heavy (non-hydrogen) atoms. The Labute approximate surface area is 121 Å². The summed E-state index contributed by atoms with van der Waals surface area (Å²) in [6, 6.07) is 0. The Kier molecular flexibility index (Phi) is 6.37. The van der Waals surface area contributed by atoms with Crippen molar-refractivity contribution in [2.45, 2.75) is 58.3 Å². The Bertz CT molecular complexity index is 284. The topological polar surface area (TPSA) is 82.4 Å². The van der Waals surface area contributed by atoms with E-state index in [1.54, 1.807) is 0 Å². The van der Waals surface area contributed by atoms with Crippen LogP contribution in [0.3, 0.4) is 0 Å². The fourth-order valence-corrected chi connectivity index (χ4v) is 2.67. The smallest absolute Gasteiger partial charge is 0.216 e. The maximum Gasteiger partial charge on any atom is 0.216 e. The third-order valence-corrected chi connectivity index (χ3v) is 3.92. The maximum atomic E-state index is 10.1. The fraction of sp³-hybridized carbons (Fsp3) is 1.00. The first-order chi connectivity index (χ1) is 9.24. The number of ether oxygens (including phenoxy) is 2. The Morgan fingerprint density at radius 2 is 1.75 bits per heavy atom. The number of nitrogens with zero attached hydrogens (tertiary/aromatic N) is 1. The van der Waals surface area contributed by atoms with Crippen LogP contribution in [0.2, 0.25) is 0 Å². The number of piperidine rings is 1. The zero-order chi connectivity index (χ0) is 15.4. The van der Waals surface area contributed by atoms with Crippen LogP contribution < -0.4 is 0 Å². The first-order valence-electron chi connectivity index (χ1n) is 7.16. The van der Waals surface area contributed by atoms with Crippen LogP contribution in [0.1, 0.15) is 40.0 Å². The predicted molar refractivity (Wildman–Crippen MR) is 74.8 cm³/mol. The molecule has 0 aromatic carbocycles. The van der Waals surface area contributed by atoms with Crippen molar-refractivity contribution in [3.63, 3.8) is 0 Å². The number of hydrogen-bond acceptors (Lipinski definition) is 6. The molecule has 1 aliphatic rings. The van der Waals surface area contributed by atoms with Crippen molar-refractivity contribution in [2.75, 3.05) is 26.8 Å². The van der Waals surface area contributed by atoms with Crippen LogP contribution in [0, 0.1) is 5.41 Å². The van der Waals surface area contributed by atoms with Gasteiger partial charge in [-0.3, -0.25) is 4.90 Å². The van der Waals surface area contributed by atoms with E-state index < -0.39 is 23.7 Å². The Balaban J connectivity index is 2.60. The number of likely N-dealkylation sites (tertiary alicyclic amines) is 1. The third-order valence-electron chi connectivity index (χ3n) is 3.92. The number of rotatable bonds is 6. The SMILES string of the molecule is COC(O)C1(CCO)CCN(C(O)OC(C)(C)C)CC1. The highest BCUT2D eigenvalue weighted by molar-refractivity contribution is 4.88. The van der Waals surface area contributed by atoms with Gasteiger partial charge in [-0.1, -0.05) is 0 Å². The van der Waals surface area contributed by atoms with Gasteiger partial charge in [0.25, 0.3) is 0 Å². The molecule has 2 atom stereocenters. The van der Waals surface area contributed by atoms with E-state index in [-0.39, 0.29) is 6.61 Å². The van der Waals surface area contributed by atoms with Crippen molar-refractivity contribution in [3.8, 4) is 0 Å². The van der Waals surface area contributed by atoms with Gasteiger partial charge in [0.1, 0.15) is 0 Å². The summed E-state index contributed by atoms with van der Waals surface area (Å²) in [6.07, 6.45) is -0.0499. The highest BCUT2D eigenvalue weighted by atomic mass is 16.6. The van der Waals surface area contributed by atoms with E-state index >= 15 is 0 Å². The summed E-state index contributed by atoms with van der Waals surface area (Å²) >= 11 is 0. The third kappa shape index (κ3) is 4.65. The summed E-state index contributed by atoms with van der Waals surface area (Å²) in [6.45, 7) is 6.89. The summed E-state index contributed by atoms with van der Waals surface area (Å²) in [5, 5.41) is 29.3. The first-order valence-corrected chi connectivity index (χ1v) is 7.16. The van der Waals surface area contributed by atoms with Gasteiger partial charge < -0.3 is 24.8 Å². The van der Waals surface area contributed by atoms with Gasteiger partial charge in [0, 0.05) is 32.2 Å². The second-order valence-corrected chi connectivity index (χ2v) is 6.52. The number of methoxy groups -OCH3 is 1. The van der Waals surface area contributed by atoms with Gasteiger partial charge in [-0.15, -0.1) is 0 Å². The lowest BCUT2D eigenvalue weighted by Gasteiger charge is -2.45. The Morgan fingerprint density at radius 1 is 1.20 bits per heavy atom. The average molecular weight is 291 g/mol. The normalized spacial score (nSPS) is 23.6. The van der Waals surface area contributed by atoms with Gasteiger partial charge in [0.15, 0.2) is 6.29 Å². The maximum absolute atomic E-state index is 10.1. The molecule has 0 radical (unpaired) electrons. The number of aliphatic hydroxyl groups is 3. The number of hydrogen-bond donors (Lipinski definition) is 3. The fourth-order valence-electron chi connectivity index (χ4n) is 2.67. The standard InChI is InChI=1S/C14H29NO5/c1-13(2,3)20-12(18)15-8-5-14(6-9-15,7-10-16)11(17)19-4/h11-12,16-18H,5-10H2,1-4H3. The average Bonchev–Trinajstić information content (AvgIpc) is 2.36. The molecule has 1 aliphatic heterocycles. The van der Waals surface area contributed by atoms with Gasteiger partial charge in [0.05, 0.1) is 5.60 Å². The van der Waals surface area contributed by atoms with E-state index in [2.05, 4.69) is 0 Å². The molecular weight excluding hydrogens is 262 g/mol. The number of aliphatic hydroxyl groups excluding tert-OH is 3. The van der Waals surface area contributed by atoms with E-state index in [0.717, 1.165) is 0 Å². The minimum atomic E-state index is -0.943. The van der Waals surface area contributed by atoms with Gasteiger partial charge in [-0.2, -0.15) is 0 Å². The molecule has 3 N–H and O–H groups in total. The van der Waals surface area contributed by atoms with Gasteiger partial charge in [-0.25, -0.2) is 0 Å². The summed E-state index contributed by atoms with van der Waals surface area (Å²) in [5.41, 5.74) is -0.855. The van der Waals surface area contributed by atoms with Crippen LogP contribution in [0.4, 0.5) is 0 Å². The largest absolute Gasteiger partial charge is 0.396 e. The minimum absolute atomic E-state index is 0.0153. The van der Waals surface area contributed by atoms with Crippen LogP contribution in [0.5, 0.6) is 0 Å². The zero-order valence-electron chi connectivity index (χ0n) is 13.0. The molecule has 0 aromatic rings. The zero-order valence-corrected chi connectivity index (χ0v) is 13.0. The molecule has 0 amide bonds. The molecular formula is C14H29NO5. The van der Waals surface area contributed by atoms with Crippen molar-refractivity contribution in [2.24, 2.45) is 5.41 Å². The quantitative estimate of drug-likeness (QED) is 0.619. The molecule has 0 spiro atoms. The van der Waals surface area contributed by atoms with E-state index in [4.69, 9.17) is 9.47 Å². The van der Waals surface area contributed by atoms with E-state index in [1.807, 2.05) is 25.7 Å². The highest BCUT2D eigenvalue weighted by Gasteiger charge is 2.42. The van der Waals surface area contributed by atoms with Crippen LogP contribution in [0.15, 0.2) is 0 Å². The second-order valence-electron chi connectivity index (χ2n) is 6.52. The van der Waals surface area contributed by atoms with Gasteiger partial charge in [0.2, 0.25) is 6.41 Å². The van der Waals surface area contributed by atoms with E-state index in [9.17, 15) is 15.3 Å². The van der Waals surface area contributed by atoms with E-state index in [0.29, 0.717) is 32.4 Å². The van der Waals surface area contributed by atoms with Gasteiger partial charge >= 0.3 is 0 Å². The summed E-state index contributed by atoms with van der Waals surface area (Å²) < 4.78 is 10.6. The molecule has 120 valence electrons. The molecule has 1 heterocycles. The molecule has 2 unspecified atom stereocenters. The monoisotopic (exact) mass is 291 g/mol. The molecule has 0 saturated carbocycles. The van der Waals surface area contributed by atoms with Crippen molar-refractivity contribution in [1.82, 2.24) is 4.90 Å². The molecule has 6 nitrogen and oxygen atoms in total. The molecule has 0 aromatic heterocycles. The molecule has 1 rings (SSSR count). The lowest BCUT2D eigenvalue weighted by atomic mass is 9.75. The summed E-state index contributed by atoms with van der Waals surface area (Å²) in [7, 11) is 1.47. The van der Waals surface area contributed by atoms with Crippen molar-refractivity contribution in [3.05, 3.63) is 0 Å². The lowest BCUT2D eigenvalue weighted by Crippen LogP contribution is -2.52. The minimum Gasteiger partial charge on any atom is -0.396 e. The summed E-state index contributed by atoms with van der Waals surface area (Å²) in [5.74, 6) is 0. The molecule has 1 fully saturated rings. The lowest BCUT2D eigenvalue weighted by molar-refractivity contribution is -0.256. The molecule has 0 aliphatic carbocycles. The van der Waals surface area contributed by atoms with Crippen LogP contribution >= 0.6 is 0 Å². The first kappa shape index (κ1) is 17.8. The van der Waals surface area contributed by atoms with Crippen LogP contribution in [-0.4, -0.2) is 65.3 Å². The molecule has 1 saturated heterocycles. The van der Waals surface area contributed by atoms with Crippen molar-refractivity contribution < 1.29 is 24.8 Å².